The van der Waals surface area contributed by atoms with Crippen LogP contribution in [0, 0.1) is 11.3 Å². The number of likely N-dealkylation sites (N-methyl/N-ethyl adjacent to an activating group) is 1. The van der Waals surface area contributed by atoms with Crippen LogP contribution in [0.25, 0.3) is 0 Å². The first-order chi connectivity index (χ1) is 10.0. The summed E-state index contributed by atoms with van der Waals surface area (Å²) >= 11 is 0. The second-order valence-electron chi connectivity index (χ2n) is 5.41. The summed E-state index contributed by atoms with van der Waals surface area (Å²) in [5.41, 5.74) is 0.0946. The van der Waals surface area contributed by atoms with Crippen molar-refractivity contribution in [3.05, 3.63) is 35.9 Å². The topological polar surface area (TPSA) is 73.2 Å². The van der Waals surface area contributed by atoms with Gasteiger partial charge >= 0.3 is 0 Å². The zero-order valence-electron chi connectivity index (χ0n) is 12.2. The first kappa shape index (κ1) is 16.0. The molecule has 1 aliphatic heterocycles. The van der Waals surface area contributed by atoms with Crippen LogP contribution in [-0.2, 0) is 15.4 Å². The lowest BCUT2D eigenvalue weighted by molar-refractivity contribution is 0.231. The van der Waals surface area contributed by atoms with E-state index in [1.807, 2.05) is 30.3 Å². The van der Waals surface area contributed by atoms with Gasteiger partial charge in [0.25, 0.3) is 0 Å². The molecule has 21 heavy (non-hydrogen) atoms. The van der Waals surface area contributed by atoms with Crippen molar-refractivity contribution in [3.63, 3.8) is 0 Å². The van der Waals surface area contributed by atoms with Gasteiger partial charge < -0.3 is 0 Å². The van der Waals surface area contributed by atoms with Crippen LogP contribution in [0.15, 0.2) is 30.3 Å². The Morgan fingerprint density at radius 2 is 2.00 bits per heavy atom. The molecule has 114 valence electrons. The number of sulfone groups is 1. The van der Waals surface area contributed by atoms with Crippen LogP contribution in [0.3, 0.4) is 0 Å². The largest absolute Gasteiger partial charge is 0.299 e. The molecule has 5 nitrogen and oxygen atoms in total. The summed E-state index contributed by atoms with van der Waals surface area (Å²) < 4.78 is 23.4. The lowest BCUT2D eigenvalue weighted by Crippen LogP contribution is -2.49. The fraction of sp³-hybridized carbons (Fsp3) is 0.533. The predicted molar refractivity (Wildman–Crippen MR) is 82.5 cm³/mol. The van der Waals surface area contributed by atoms with Gasteiger partial charge in [-0.3, -0.25) is 10.2 Å². The van der Waals surface area contributed by atoms with E-state index in [1.54, 1.807) is 7.05 Å². The molecule has 0 spiro atoms. The van der Waals surface area contributed by atoms with Gasteiger partial charge in [0.15, 0.2) is 9.84 Å². The molecule has 0 bridgehead atoms. The lowest BCUT2D eigenvalue weighted by Gasteiger charge is -2.32. The number of hydrogen-bond acceptors (Lipinski definition) is 5. The van der Waals surface area contributed by atoms with E-state index >= 15 is 0 Å². The fourth-order valence-electron chi connectivity index (χ4n) is 2.68. The van der Waals surface area contributed by atoms with E-state index in [0.717, 1.165) is 5.56 Å². The number of nitriles is 1. The molecule has 2 rings (SSSR count). The summed E-state index contributed by atoms with van der Waals surface area (Å²) in [5, 5.41) is 12.8. The molecule has 1 saturated heterocycles. The summed E-state index contributed by atoms with van der Waals surface area (Å²) in [4.78, 5) is 2.07. The van der Waals surface area contributed by atoms with Gasteiger partial charge in [0, 0.05) is 13.1 Å². The molecule has 6 heteroatoms. The number of rotatable bonds is 4. The van der Waals surface area contributed by atoms with Crippen molar-refractivity contribution in [3.8, 4) is 6.07 Å². The van der Waals surface area contributed by atoms with Crippen molar-refractivity contribution in [2.75, 3.05) is 38.2 Å². The van der Waals surface area contributed by atoms with Crippen molar-refractivity contribution < 1.29 is 8.42 Å². The maximum atomic E-state index is 11.7. The number of hydrogen-bond donors (Lipinski definition) is 1. The predicted octanol–water partition coefficient (Wildman–Crippen LogP) is 0.745. The molecular formula is C15H21N3O2S. The number of nitrogens with one attached hydrogen (secondary N) is 1. The molecule has 1 aromatic rings. The summed E-state index contributed by atoms with van der Waals surface area (Å²) in [7, 11) is -1.16. The van der Waals surface area contributed by atoms with Gasteiger partial charge in [-0.2, -0.15) is 5.26 Å². The highest BCUT2D eigenvalue weighted by molar-refractivity contribution is 7.91. The zero-order valence-corrected chi connectivity index (χ0v) is 13.1. The highest BCUT2D eigenvalue weighted by atomic mass is 32.2. The van der Waals surface area contributed by atoms with E-state index in [1.165, 1.54) is 0 Å². The number of nitrogens with zero attached hydrogens (tertiary/aromatic N) is 2. The van der Waals surface area contributed by atoms with Crippen molar-refractivity contribution >= 4 is 9.84 Å². The Bertz CT molecular complexity index is 610. The van der Waals surface area contributed by atoms with Crippen LogP contribution in [0.1, 0.15) is 12.0 Å². The summed E-state index contributed by atoms with van der Waals surface area (Å²) in [5.74, 6) is 0.418. The van der Waals surface area contributed by atoms with Crippen molar-refractivity contribution in [1.82, 2.24) is 10.2 Å². The zero-order chi connectivity index (χ0) is 15.3. The summed E-state index contributed by atoms with van der Waals surface area (Å²) in [6, 6.07) is 12.0. The molecule has 0 amide bonds. The average molecular weight is 307 g/mol. The van der Waals surface area contributed by atoms with E-state index in [9.17, 15) is 13.7 Å². The van der Waals surface area contributed by atoms with Crippen LogP contribution < -0.4 is 5.32 Å². The normalized spacial score (nSPS) is 21.9. The molecular weight excluding hydrogens is 286 g/mol. The van der Waals surface area contributed by atoms with Crippen molar-refractivity contribution in [2.24, 2.45) is 0 Å². The van der Waals surface area contributed by atoms with Crippen LogP contribution in [0.5, 0.6) is 0 Å². The second kappa shape index (κ2) is 6.56. The highest BCUT2D eigenvalue weighted by Gasteiger charge is 2.33. The maximum Gasteiger partial charge on any atom is 0.151 e. The van der Waals surface area contributed by atoms with Gasteiger partial charge in [-0.05, 0) is 25.6 Å². The summed E-state index contributed by atoms with van der Waals surface area (Å²) in [6.45, 7) is 1.68. The Hall–Kier alpha value is -1.42. The third-order valence-electron chi connectivity index (χ3n) is 3.99. The molecule has 1 unspecified atom stereocenters. The molecule has 1 fully saturated rings. The van der Waals surface area contributed by atoms with Gasteiger partial charge in [-0.25, -0.2) is 8.42 Å². The Kier molecular flexibility index (Phi) is 4.99. The molecule has 0 aromatic heterocycles. The maximum absolute atomic E-state index is 11.7. The van der Waals surface area contributed by atoms with Gasteiger partial charge in [0.1, 0.15) is 5.54 Å². The molecule has 0 aliphatic carbocycles. The van der Waals surface area contributed by atoms with E-state index in [-0.39, 0.29) is 11.5 Å². The van der Waals surface area contributed by atoms with Crippen LogP contribution in [0.2, 0.25) is 0 Å². The summed E-state index contributed by atoms with van der Waals surface area (Å²) in [6.07, 6.45) is 0.627. The van der Waals surface area contributed by atoms with Gasteiger partial charge in [-0.1, -0.05) is 30.3 Å². The molecule has 0 radical (unpaired) electrons. The van der Waals surface area contributed by atoms with E-state index in [4.69, 9.17) is 0 Å². The van der Waals surface area contributed by atoms with E-state index < -0.39 is 15.4 Å². The van der Waals surface area contributed by atoms with Gasteiger partial charge in [-0.15, -0.1) is 0 Å². The monoisotopic (exact) mass is 307 g/mol. The van der Waals surface area contributed by atoms with E-state index in [2.05, 4.69) is 16.3 Å². The first-order valence-corrected chi connectivity index (χ1v) is 8.92. The fourth-order valence-corrected chi connectivity index (χ4v) is 3.99. The Labute approximate surface area is 126 Å². The quantitative estimate of drug-likeness (QED) is 0.888. The minimum atomic E-state index is -2.93. The Morgan fingerprint density at radius 3 is 2.62 bits per heavy atom. The molecule has 1 aromatic carbocycles. The average Bonchev–Trinajstić information content (AvgIpc) is 2.67. The smallest absolute Gasteiger partial charge is 0.151 e. The molecule has 0 saturated carbocycles. The van der Waals surface area contributed by atoms with E-state index in [0.29, 0.717) is 26.1 Å². The Balaban J connectivity index is 2.19. The molecule has 1 N–H and O–H groups in total. The highest BCUT2D eigenvalue weighted by Crippen LogP contribution is 2.22. The lowest BCUT2D eigenvalue weighted by atomic mass is 9.90. The molecule has 1 aliphatic rings. The second-order valence-corrected chi connectivity index (χ2v) is 7.72. The molecule has 1 heterocycles. The van der Waals surface area contributed by atoms with Gasteiger partial charge in [0.05, 0.1) is 17.6 Å². The Morgan fingerprint density at radius 1 is 1.29 bits per heavy atom. The third kappa shape index (κ3) is 3.82. The molecule has 1 atom stereocenters. The number of benzene rings is 1. The van der Waals surface area contributed by atoms with Crippen LogP contribution in [0.4, 0.5) is 0 Å². The third-order valence-corrected chi connectivity index (χ3v) is 5.71. The van der Waals surface area contributed by atoms with Crippen molar-refractivity contribution in [2.45, 2.75) is 12.0 Å². The van der Waals surface area contributed by atoms with Crippen LogP contribution in [-0.4, -0.2) is 51.5 Å². The minimum Gasteiger partial charge on any atom is -0.299 e. The van der Waals surface area contributed by atoms with Crippen LogP contribution >= 0.6 is 0 Å². The SMILES string of the molecule is CNC(C#N)(CN1CCCS(=O)(=O)CC1)c1ccccc1. The first-order valence-electron chi connectivity index (χ1n) is 7.10. The van der Waals surface area contributed by atoms with Gasteiger partial charge in [0.2, 0.25) is 0 Å². The standard InChI is InChI=1S/C15H21N3O2S/c1-17-15(12-16,14-6-3-2-4-7-14)13-18-8-5-10-21(19,20)11-9-18/h2-4,6-7,17H,5,8-11,13H2,1H3. The van der Waals surface area contributed by atoms with Crippen molar-refractivity contribution in [1.29, 1.82) is 5.26 Å². The minimum absolute atomic E-state index is 0.174.